The standard InChI is InChI=1S/C19H15N3O5/c1-10(26-18(24)16-8-11-4-2-3-5-15(11)27-16)17(23)20-12-6-7-13-14(9-12)22-19(25)21-13/h2-10H,1H3,(H,20,23)(H2,21,22,25)/t10-/m0/s1. The maximum absolute atomic E-state index is 12.3. The first-order valence-corrected chi connectivity index (χ1v) is 8.22. The number of H-pyrrole nitrogens is 2. The Bertz CT molecular complexity index is 1180. The Balaban J connectivity index is 1.44. The lowest BCUT2D eigenvalue weighted by atomic mass is 10.2. The van der Waals surface area contributed by atoms with E-state index in [9.17, 15) is 14.4 Å². The van der Waals surface area contributed by atoms with Gasteiger partial charge in [-0.1, -0.05) is 18.2 Å². The van der Waals surface area contributed by atoms with Gasteiger partial charge in [0, 0.05) is 11.1 Å². The second-order valence-corrected chi connectivity index (χ2v) is 6.02. The third-order valence-electron chi connectivity index (χ3n) is 4.06. The van der Waals surface area contributed by atoms with Crippen molar-refractivity contribution < 1.29 is 18.7 Å². The maximum atomic E-state index is 12.3. The van der Waals surface area contributed by atoms with Gasteiger partial charge in [-0.15, -0.1) is 0 Å². The van der Waals surface area contributed by atoms with Crippen LogP contribution in [0.15, 0.2) is 57.7 Å². The molecule has 0 bridgehead atoms. The first kappa shape index (κ1) is 16.6. The Morgan fingerprint density at radius 2 is 1.85 bits per heavy atom. The average Bonchev–Trinajstić information content (AvgIpc) is 3.23. The van der Waals surface area contributed by atoms with Gasteiger partial charge >= 0.3 is 11.7 Å². The molecule has 8 heteroatoms. The fourth-order valence-electron chi connectivity index (χ4n) is 2.71. The van der Waals surface area contributed by atoms with Gasteiger partial charge in [0.05, 0.1) is 11.0 Å². The van der Waals surface area contributed by atoms with Crippen LogP contribution in [-0.4, -0.2) is 27.9 Å². The number of imidazole rings is 1. The molecule has 1 amide bonds. The number of aromatic nitrogens is 2. The molecule has 3 N–H and O–H groups in total. The number of anilines is 1. The molecule has 0 aliphatic rings. The quantitative estimate of drug-likeness (QED) is 0.481. The van der Waals surface area contributed by atoms with Gasteiger partial charge in [0.25, 0.3) is 5.91 Å². The molecule has 0 radical (unpaired) electrons. The van der Waals surface area contributed by atoms with Gasteiger partial charge in [-0.3, -0.25) is 4.79 Å². The topological polar surface area (TPSA) is 117 Å². The van der Waals surface area contributed by atoms with E-state index in [0.29, 0.717) is 22.3 Å². The molecule has 0 saturated carbocycles. The number of aromatic amines is 2. The lowest BCUT2D eigenvalue weighted by Gasteiger charge is -2.12. The molecule has 2 heterocycles. The zero-order chi connectivity index (χ0) is 19.0. The van der Waals surface area contributed by atoms with E-state index in [1.807, 2.05) is 12.1 Å². The summed E-state index contributed by atoms with van der Waals surface area (Å²) in [5.41, 5.74) is 1.89. The maximum Gasteiger partial charge on any atom is 0.375 e. The Hall–Kier alpha value is -3.81. The molecule has 8 nitrogen and oxygen atoms in total. The van der Waals surface area contributed by atoms with E-state index in [1.165, 1.54) is 6.92 Å². The van der Waals surface area contributed by atoms with Crippen LogP contribution in [0.1, 0.15) is 17.5 Å². The highest BCUT2D eigenvalue weighted by Gasteiger charge is 2.21. The van der Waals surface area contributed by atoms with Crippen LogP contribution in [0, 0.1) is 0 Å². The van der Waals surface area contributed by atoms with Gasteiger partial charge in [0.15, 0.2) is 6.10 Å². The summed E-state index contributed by atoms with van der Waals surface area (Å²) < 4.78 is 10.6. The minimum Gasteiger partial charge on any atom is -0.449 e. The molecule has 2 aromatic heterocycles. The fourth-order valence-corrected chi connectivity index (χ4v) is 2.71. The Morgan fingerprint density at radius 1 is 1.07 bits per heavy atom. The average molecular weight is 365 g/mol. The van der Waals surface area contributed by atoms with E-state index in [0.717, 1.165) is 5.39 Å². The minimum absolute atomic E-state index is 0.0298. The molecule has 0 unspecified atom stereocenters. The molecule has 0 saturated heterocycles. The highest BCUT2D eigenvalue weighted by Crippen LogP contribution is 2.20. The summed E-state index contributed by atoms with van der Waals surface area (Å²) in [6.07, 6.45) is -1.04. The number of amides is 1. The molecule has 0 spiro atoms. The number of fused-ring (bicyclic) bond motifs is 2. The van der Waals surface area contributed by atoms with Gasteiger partial charge in [0.1, 0.15) is 5.58 Å². The lowest BCUT2D eigenvalue weighted by molar-refractivity contribution is -0.123. The summed E-state index contributed by atoms with van der Waals surface area (Å²) in [5.74, 6) is -1.20. The SMILES string of the molecule is C[C@H](OC(=O)c1cc2ccccc2o1)C(=O)Nc1ccc2[nH]c(=O)[nH]c2c1. The van der Waals surface area contributed by atoms with Crippen LogP contribution in [0.3, 0.4) is 0 Å². The van der Waals surface area contributed by atoms with Crippen molar-refractivity contribution in [2.45, 2.75) is 13.0 Å². The highest BCUT2D eigenvalue weighted by atomic mass is 16.6. The van der Waals surface area contributed by atoms with Crippen LogP contribution in [0.4, 0.5) is 5.69 Å². The molecule has 4 aromatic rings. The van der Waals surface area contributed by atoms with Crippen molar-refractivity contribution in [2.75, 3.05) is 5.32 Å². The van der Waals surface area contributed by atoms with Crippen LogP contribution in [0.25, 0.3) is 22.0 Å². The number of rotatable bonds is 4. The van der Waals surface area contributed by atoms with Crippen LogP contribution in [0.5, 0.6) is 0 Å². The molecule has 27 heavy (non-hydrogen) atoms. The van der Waals surface area contributed by atoms with Crippen LogP contribution in [0.2, 0.25) is 0 Å². The number of nitrogens with one attached hydrogen (secondary N) is 3. The van der Waals surface area contributed by atoms with Crippen LogP contribution < -0.4 is 11.0 Å². The predicted molar refractivity (Wildman–Crippen MR) is 98.6 cm³/mol. The van der Waals surface area contributed by atoms with E-state index in [1.54, 1.807) is 36.4 Å². The minimum atomic E-state index is -1.04. The van der Waals surface area contributed by atoms with Crippen LogP contribution >= 0.6 is 0 Å². The molecule has 2 aromatic carbocycles. The molecule has 4 rings (SSSR count). The third-order valence-corrected chi connectivity index (χ3v) is 4.06. The van der Waals surface area contributed by atoms with Gasteiger partial charge in [0.2, 0.25) is 5.76 Å². The normalized spacial score (nSPS) is 12.2. The van der Waals surface area contributed by atoms with Crippen molar-refractivity contribution in [2.24, 2.45) is 0 Å². The summed E-state index contributed by atoms with van der Waals surface area (Å²) in [6.45, 7) is 1.46. The number of benzene rings is 2. The largest absolute Gasteiger partial charge is 0.449 e. The first-order chi connectivity index (χ1) is 13.0. The summed E-state index contributed by atoms with van der Waals surface area (Å²) >= 11 is 0. The number of ether oxygens (including phenoxy) is 1. The Labute approximate surface area is 152 Å². The number of para-hydroxylation sites is 1. The first-order valence-electron chi connectivity index (χ1n) is 8.22. The van der Waals surface area contributed by atoms with Crippen molar-refractivity contribution in [3.8, 4) is 0 Å². The van der Waals surface area contributed by atoms with E-state index in [4.69, 9.17) is 9.15 Å². The molecular formula is C19H15N3O5. The molecule has 0 aliphatic carbocycles. The van der Waals surface area contributed by atoms with Crippen molar-refractivity contribution in [1.29, 1.82) is 0 Å². The fraction of sp³-hybridized carbons (Fsp3) is 0.105. The van der Waals surface area contributed by atoms with Gasteiger partial charge < -0.3 is 24.4 Å². The number of carbonyl (C=O) groups excluding carboxylic acids is 2. The lowest BCUT2D eigenvalue weighted by Crippen LogP contribution is -2.29. The van der Waals surface area contributed by atoms with Gasteiger partial charge in [-0.25, -0.2) is 9.59 Å². The molecule has 0 fully saturated rings. The van der Waals surface area contributed by atoms with E-state index in [-0.39, 0.29) is 11.4 Å². The molecular weight excluding hydrogens is 350 g/mol. The highest BCUT2D eigenvalue weighted by molar-refractivity contribution is 5.98. The third kappa shape index (κ3) is 3.32. The number of carbonyl (C=O) groups is 2. The van der Waals surface area contributed by atoms with Crippen molar-refractivity contribution >= 4 is 39.6 Å². The van der Waals surface area contributed by atoms with E-state index < -0.39 is 18.0 Å². The summed E-state index contributed by atoms with van der Waals surface area (Å²) in [5, 5.41) is 3.42. The summed E-state index contributed by atoms with van der Waals surface area (Å²) in [4.78, 5) is 41.0. The molecule has 0 aliphatic heterocycles. The second kappa shape index (κ2) is 6.49. The van der Waals surface area contributed by atoms with Crippen molar-refractivity contribution in [3.63, 3.8) is 0 Å². The van der Waals surface area contributed by atoms with Crippen LogP contribution in [-0.2, 0) is 9.53 Å². The number of hydrogen-bond acceptors (Lipinski definition) is 5. The number of esters is 1. The zero-order valence-electron chi connectivity index (χ0n) is 14.2. The Kier molecular flexibility index (Phi) is 4.00. The second-order valence-electron chi connectivity index (χ2n) is 6.02. The summed E-state index contributed by atoms with van der Waals surface area (Å²) in [6, 6.07) is 13.7. The smallest absolute Gasteiger partial charge is 0.375 e. The molecule has 136 valence electrons. The zero-order valence-corrected chi connectivity index (χ0v) is 14.2. The van der Waals surface area contributed by atoms with Crippen molar-refractivity contribution in [1.82, 2.24) is 9.97 Å². The van der Waals surface area contributed by atoms with E-state index in [2.05, 4.69) is 15.3 Å². The predicted octanol–water partition coefficient (Wildman–Crippen LogP) is 2.79. The number of furan rings is 1. The number of hydrogen-bond donors (Lipinski definition) is 3. The molecule has 1 atom stereocenters. The monoisotopic (exact) mass is 365 g/mol. The summed E-state index contributed by atoms with van der Waals surface area (Å²) in [7, 11) is 0. The van der Waals surface area contributed by atoms with Crippen molar-refractivity contribution in [3.05, 3.63) is 64.8 Å². The van der Waals surface area contributed by atoms with E-state index >= 15 is 0 Å². The van der Waals surface area contributed by atoms with Gasteiger partial charge in [-0.05, 0) is 37.3 Å². The Morgan fingerprint density at radius 3 is 2.67 bits per heavy atom. The van der Waals surface area contributed by atoms with Gasteiger partial charge in [-0.2, -0.15) is 0 Å².